The highest BCUT2D eigenvalue weighted by Gasteiger charge is 2.39. The molecule has 34 heavy (non-hydrogen) atoms. The van der Waals surface area contributed by atoms with Crippen LogP contribution in [0.3, 0.4) is 0 Å². The Morgan fingerprint density at radius 3 is 2.68 bits per heavy atom. The van der Waals surface area contributed by atoms with Crippen molar-refractivity contribution in [2.24, 2.45) is 0 Å². The van der Waals surface area contributed by atoms with Crippen LogP contribution < -0.4 is 10.1 Å². The first kappa shape index (κ1) is 22.4. The van der Waals surface area contributed by atoms with Crippen LogP contribution >= 0.6 is 0 Å². The van der Waals surface area contributed by atoms with Crippen molar-refractivity contribution in [3.8, 4) is 5.75 Å². The zero-order valence-electron chi connectivity index (χ0n) is 19.9. The molecular formula is C26H32N6O2. The molecule has 3 heterocycles. The van der Waals surface area contributed by atoms with Gasteiger partial charge in [-0.15, -0.1) is 0 Å². The SMILES string of the molecule is CCCCCCOc1ccc([C@]2(C)CC(c3ccn(C4CC4)n3)=C(c3ncn[nH]3)C(=O)N2)cc1. The van der Waals surface area contributed by atoms with Gasteiger partial charge >= 0.3 is 0 Å². The number of nitrogens with zero attached hydrogens (tertiary/aromatic N) is 4. The van der Waals surface area contributed by atoms with Crippen LogP contribution in [0.15, 0.2) is 42.9 Å². The Bertz CT molecular complexity index is 1160. The predicted molar refractivity (Wildman–Crippen MR) is 130 cm³/mol. The number of H-pyrrole nitrogens is 1. The van der Waals surface area contributed by atoms with Gasteiger partial charge < -0.3 is 10.1 Å². The van der Waals surface area contributed by atoms with E-state index >= 15 is 0 Å². The van der Waals surface area contributed by atoms with E-state index in [9.17, 15) is 4.79 Å². The molecule has 0 unspecified atom stereocenters. The summed E-state index contributed by atoms with van der Waals surface area (Å²) in [7, 11) is 0. The van der Waals surface area contributed by atoms with Gasteiger partial charge in [0.25, 0.3) is 5.91 Å². The number of carbonyl (C=O) groups is 1. The number of aromatic nitrogens is 5. The molecule has 2 aromatic heterocycles. The molecule has 1 aromatic carbocycles. The number of amides is 1. The zero-order chi connectivity index (χ0) is 23.5. The van der Waals surface area contributed by atoms with Crippen LogP contribution in [0.4, 0.5) is 0 Å². The first-order valence-electron chi connectivity index (χ1n) is 12.3. The molecule has 1 aliphatic heterocycles. The van der Waals surface area contributed by atoms with Gasteiger partial charge in [0, 0.05) is 12.6 Å². The number of aromatic amines is 1. The molecule has 1 saturated carbocycles. The molecule has 1 fully saturated rings. The summed E-state index contributed by atoms with van der Waals surface area (Å²) in [4.78, 5) is 17.7. The second kappa shape index (κ2) is 9.44. The third-order valence-corrected chi connectivity index (χ3v) is 6.70. The third-order valence-electron chi connectivity index (χ3n) is 6.70. The molecule has 0 saturated heterocycles. The molecule has 0 radical (unpaired) electrons. The average Bonchev–Trinajstić information content (AvgIpc) is 3.32. The minimum Gasteiger partial charge on any atom is -0.494 e. The van der Waals surface area contributed by atoms with Gasteiger partial charge in [-0.3, -0.25) is 14.6 Å². The van der Waals surface area contributed by atoms with E-state index in [1.807, 2.05) is 41.2 Å². The number of carbonyl (C=O) groups excluding carboxylic acids is 1. The normalized spacial score (nSPS) is 20.5. The van der Waals surface area contributed by atoms with Crippen molar-refractivity contribution in [2.75, 3.05) is 6.61 Å². The molecule has 1 atom stereocenters. The Morgan fingerprint density at radius 2 is 1.97 bits per heavy atom. The molecule has 0 bridgehead atoms. The number of nitrogens with one attached hydrogen (secondary N) is 2. The minimum absolute atomic E-state index is 0.183. The number of hydrogen-bond donors (Lipinski definition) is 2. The fourth-order valence-corrected chi connectivity index (χ4v) is 4.58. The average molecular weight is 461 g/mol. The van der Waals surface area contributed by atoms with E-state index in [0.29, 0.717) is 23.9 Å². The van der Waals surface area contributed by atoms with Gasteiger partial charge in [-0.1, -0.05) is 38.3 Å². The van der Waals surface area contributed by atoms with Crippen LogP contribution in [0, 0.1) is 0 Å². The van der Waals surface area contributed by atoms with Crippen LogP contribution in [-0.4, -0.2) is 37.5 Å². The van der Waals surface area contributed by atoms with E-state index < -0.39 is 5.54 Å². The van der Waals surface area contributed by atoms with Gasteiger partial charge in [0.2, 0.25) is 0 Å². The molecule has 0 spiro atoms. The summed E-state index contributed by atoms with van der Waals surface area (Å²) in [6.45, 7) is 4.99. The molecule has 2 N–H and O–H groups in total. The molecule has 1 aliphatic carbocycles. The Hall–Kier alpha value is -3.42. The number of benzene rings is 1. The second-order valence-corrected chi connectivity index (χ2v) is 9.50. The van der Waals surface area contributed by atoms with Crippen molar-refractivity contribution in [1.29, 1.82) is 0 Å². The van der Waals surface area contributed by atoms with Gasteiger partial charge in [0.05, 0.1) is 29.5 Å². The van der Waals surface area contributed by atoms with Crippen LogP contribution in [0.2, 0.25) is 0 Å². The summed E-state index contributed by atoms with van der Waals surface area (Å²) in [6, 6.07) is 10.5. The maximum absolute atomic E-state index is 13.4. The smallest absolute Gasteiger partial charge is 0.256 e. The van der Waals surface area contributed by atoms with Crippen molar-refractivity contribution in [1.82, 2.24) is 30.3 Å². The fraction of sp³-hybridized carbons (Fsp3) is 0.462. The van der Waals surface area contributed by atoms with Crippen molar-refractivity contribution in [3.05, 3.63) is 59.9 Å². The lowest BCUT2D eigenvalue weighted by atomic mass is 9.79. The fourth-order valence-electron chi connectivity index (χ4n) is 4.58. The molecule has 5 rings (SSSR count). The third kappa shape index (κ3) is 4.62. The lowest BCUT2D eigenvalue weighted by Gasteiger charge is -2.37. The quantitative estimate of drug-likeness (QED) is 0.430. The summed E-state index contributed by atoms with van der Waals surface area (Å²) < 4.78 is 7.92. The van der Waals surface area contributed by atoms with Crippen LogP contribution in [-0.2, 0) is 10.3 Å². The molecular weight excluding hydrogens is 428 g/mol. The van der Waals surface area contributed by atoms with E-state index in [2.05, 4.69) is 34.3 Å². The van der Waals surface area contributed by atoms with E-state index in [4.69, 9.17) is 9.84 Å². The van der Waals surface area contributed by atoms with Gasteiger partial charge in [0.1, 0.15) is 12.1 Å². The first-order chi connectivity index (χ1) is 16.6. The number of unbranched alkanes of at least 4 members (excludes halogenated alkanes) is 3. The highest BCUT2D eigenvalue weighted by Crippen LogP contribution is 2.41. The number of hydrogen-bond acceptors (Lipinski definition) is 5. The summed E-state index contributed by atoms with van der Waals surface area (Å²) in [5.74, 6) is 1.13. The number of rotatable bonds is 10. The Labute approximate surface area is 199 Å². The molecule has 1 amide bonds. The number of ether oxygens (including phenoxy) is 1. The van der Waals surface area contributed by atoms with Crippen molar-refractivity contribution in [2.45, 2.75) is 70.4 Å². The Balaban J connectivity index is 1.40. The standard InChI is InChI=1S/C26H32N6O2/c1-3-4-5-6-15-34-20-11-7-18(8-12-20)26(2)16-21(22-13-14-32(31-22)19-9-10-19)23(25(33)29-26)24-27-17-28-30-24/h7-8,11-14,17,19H,3-6,9-10,15-16H2,1-2H3,(H,29,33)(H,27,28,30)/t26-/m0/s1. The van der Waals surface area contributed by atoms with Crippen LogP contribution in [0.5, 0.6) is 5.75 Å². The van der Waals surface area contributed by atoms with Crippen LogP contribution in [0.1, 0.15) is 81.9 Å². The highest BCUT2D eigenvalue weighted by atomic mass is 16.5. The van der Waals surface area contributed by atoms with Gasteiger partial charge in [-0.2, -0.15) is 10.2 Å². The monoisotopic (exact) mass is 460 g/mol. The topological polar surface area (TPSA) is 97.7 Å². The summed E-state index contributed by atoms with van der Waals surface area (Å²) in [6.07, 6.45) is 11.0. The molecule has 2 aliphatic rings. The van der Waals surface area contributed by atoms with Crippen LogP contribution in [0.25, 0.3) is 11.1 Å². The summed E-state index contributed by atoms with van der Waals surface area (Å²) >= 11 is 0. The largest absolute Gasteiger partial charge is 0.494 e. The predicted octanol–water partition coefficient (Wildman–Crippen LogP) is 4.64. The molecule has 8 nitrogen and oxygen atoms in total. The molecule has 178 valence electrons. The first-order valence-corrected chi connectivity index (χ1v) is 12.3. The van der Waals surface area contributed by atoms with Crippen molar-refractivity contribution >= 4 is 17.1 Å². The second-order valence-electron chi connectivity index (χ2n) is 9.50. The van der Waals surface area contributed by atoms with E-state index in [1.54, 1.807) is 0 Å². The van der Waals surface area contributed by atoms with Gasteiger partial charge in [-0.05, 0) is 55.5 Å². The maximum atomic E-state index is 13.4. The Morgan fingerprint density at radius 1 is 1.15 bits per heavy atom. The van der Waals surface area contributed by atoms with Crippen molar-refractivity contribution < 1.29 is 9.53 Å². The van der Waals surface area contributed by atoms with E-state index in [1.165, 1.54) is 25.6 Å². The maximum Gasteiger partial charge on any atom is 0.256 e. The highest BCUT2D eigenvalue weighted by molar-refractivity contribution is 6.27. The minimum atomic E-state index is -0.584. The van der Waals surface area contributed by atoms with Gasteiger partial charge in [0.15, 0.2) is 5.82 Å². The van der Waals surface area contributed by atoms with Gasteiger partial charge in [-0.25, -0.2) is 4.98 Å². The van der Waals surface area contributed by atoms with E-state index in [-0.39, 0.29) is 5.91 Å². The summed E-state index contributed by atoms with van der Waals surface area (Å²) in [5.41, 5.74) is 2.63. The molecule has 3 aromatic rings. The summed E-state index contributed by atoms with van der Waals surface area (Å²) in [5, 5.41) is 14.8. The Kier molecular flexibility index (Phi) is 6.22. The lowest BCUT2D eigenvalue weighted by molar-refractivity contribution is -0.117. The zero-order valence-corrected chi connectivity index (χ0v) is 19.9. The van der Waals surface area contributed by atoms with E-state index in [0.717, 1.165) is 48.4 Å². The lowest BCUT2D eigenvalue weighted by Crippen LogP contribution is -2.47. The molecule has 8 heteroatoms. The van der Waals surface area contributed by atoms with Crippen molar-refractivity contribution in [3.63, 3.8) is 0 Å².